The molecule has 0 spiro atoms. The van der Waals surface area contributed by atoms with E-state index in [0.717, 1.165) is 42.9 Å². The van der Waals surface area contributed by atoms with Crippen molar-refractivity contribution in [2.24, 2.45) is 5.92 Å². The van der Waals surface area contributed by atoms with Crippen LogP contribution in [0.4, 0.5) is 5.69 Å². The molecule has 0 unspecified atom stereocenters. The van der Waals surface area contributed by atoms with Crippen LogP contribution in [0.15, 0.2) is 36.8 Å². The van der Waals surface area contributed by atoms with E-state index in [1.165, 1.54) is 25.6 Å². The average Bonchev–Trinajstić information content (AvgIpc) is 3.21. The van der Waals surface area contributed by atoms with Crippen LogP contribution in [0.2, 0.25) is 0 Å². The quantitative estimate of drug-likeness (QED) is 0.653. The number of fused-ring (bicyclic) bond motifs is 1. The molecular formula is C22H21N5O3. The van der Waals surface area contributed by atoms with E-state index in [1.807, 2.05) is 23.0 Å². The number of nitrogens with one attached hydrogen (secondary N) is 1. The predicted octanol–water partition coefficient (Wildman–Crippen LogP) is 3.49. The summed E-state index contributed by atoms with van der Waals surface area (Å²) >= 11 is 0. The van der Waals surface area contributed by atoms with Crippen LogP contribution in [-0.2, 0) is 4.79 Å². The van der Waals surface area contributed by atoms with E-state index in [-0.39, 0.29) is 17.9 Å². The van der Waals surface area contributed by atoms with Gasteiger partial charge in [-0.25, -0.2) is 0 Å². The van der Waals surface area contributed by atoms with Crippen LogP contribution < -0.4 is 10.1 Å². The standard InChI is InChI=1S/C22H21N5O3/c1-30-21-8-19-17(12-27(26-19)18-4-2-14(13-28)3-5-18)7-20(21)25-22(29)16-6-15(9-23)10-24-11-16/h6-8,10-14,18H,2-5H2,1H3,(H,25,29). The van der Waals surface area contributed by atoms with E-state index >= 15 is 0 Å². The van der Waals surface area contributed by atoms with Crippen LogP contribution in [-0.4, -0.2) is 34.1 Å². The normalized spacial score (nSPS) is 18.5. The topological polar surface area (TPSA) is 110 Å². The maximum absolute atomic E-state index is 12.6. The number of amides is 1. The van der Waals surface area contributed by atoms with E-state index in [1.54, 1.807) is 6.07 Å². The molecule has 1 saturated carbocycles. The molecule has 3 aromatic rings. The molecule has 1 amide bonds. The van der Waals surface area contributed by atoms with Gasteiger partial charge in [0.15, 0.2) is 0 Å². The number of rotatable bonds is 5. The van der Waals surface area contributed by atoms with E-state index in [4.69, 9.17) is 10.00 Å². The van der Waals surface area contributed by atoms with Crippen LogP contribution >= 0.6 is 0 Å². The molecule has 8 heteroatoms. The smallest absolute Gasteiger partial charge is 0.257 e. The third-order valence-corrected chi connectivity index (χ3v) is 5.53. The van der Waals surface area contributed by atoms with Gasteiger partial charge in [-0.3, -0.25) is 14.5 Å². The lowest BCUT2D eigenvalue weighted by molar-refractivity contribution is -0.112. The number of benzene rings is 1. The van der Waals surface area contributed by atoms with Gasteiger partial charge in [0.05, 0.1) is 35.5 Å². The van der Waals surface area contributed by atoms with Crippen molar-refractivity contribution >= 4 is 28.8 Å². The summed E-state index contributed by atoms with van der Waals surface area (Å²) in [5.74, 6) is 0.272. The van der Waals surface area contributed by atoms with Gasteiger partial charge in [-0.2, -0.15) is 10.4 Å². The van der Waals surface area contributed by atoms with Crippen molar-refractivity contribution < 1.29 is 14.3 Å². The van der Waals surface area contributed by atoms with Gasteiger partial charge in [0.1, 0.15) is 18.1 Å². The number of methoxy groups -OCH3 is 1. The second-order valence-electron chi connectivity index (χ2n) is 7.45. The molecule has 1 N–H and O–H groups in total. The van der Waals surface area contributed by atoms with E-state index in [9.17, 15) is 9.59 Å². The number of hydrogen-bond donors (Lipinski definition) is 1. The SMILES string of the molecule is COc1cc2nn(C3CCC(C=O)CC3)cc2cc1NC(=O)c1cncc(C#N)c1. The number of carbonyl (C=O) groups is 2. The lowest BCUT2D eigenvalue weighted by atomic mass is 9.87. The third-order valence-electron chi connectivity index (χ3n) is 5.53. The van der Waals surface area contributed by atoms with Crippen molar-refractivity contribution in [2.45, 2.75) is 31.7 Å². The monoisotopic (exact) mass is 403 g/mol. The van der Waals surface area contributed by atoms with Gasteiger partial charge in [-0.1, -0.05) is 0 Å². The summed E-state index contributed by atoms with van der Waals surface area (Å²) < 4.78 is 7.40. The van der Waals surface area contributed by atoms with E-state index in [0.29, 0.717) is 22.6 Å². The van der Waals surface area contributed by atoms with Gasteiger partial charge >= 0.3 is 0 Å². The number of carbonyl (C=O) groups excluding carboxylic acids is 2. The first-order valence-corrected chi connectivity index (χ1v) is 9.80. The second kappa shape index (κ2) is 8.33. The van der Waals surface area contributed by atoms with Crippen LogP contribution in [0.5, 0.6) is 5.75 Å². The fourth-order valence-corrected chi connectivity index (χ4v) is 3.85. The molecule has 8 nitrogen and oxygen atoms in total. The Hall–Kier alpha value is -3.73. The Bertz CT molecular complexity index is 1140. The molecule has 0 bridgehead atoms. The Balaban J connectivity index is 1.59. The molecule has 1 aliphatic carbocycles. The Morgan fingerprint density at radius 2 is 2.07 bits per heavy atom. The number of aromatic nitrogens is 3. The van der Waals surface area contributed by atoms with Crippen molar-refractivity contribution in [1.29, 1.82) is 5.26 Å². The minimum atomic E-state index is -0.378. The summed E-state index contributed by atoms with van der Waals surface area (Å²) in [4.78, 5) is 27.5. The number of ether oxygens (including phenoxy) is 1. The number of nitriles is 1. The first kappa shape index (κ1) is 19.6. The molecule has 0 aliphatic heterocycles. The van der Waals surface area contributed by atoms with Gasteiger partial charge in [-0.15, -0.1) is 0 Å². The van der Waals surface area contributed by atoms with Crippen molar-refractivity contribution in [3.8, 4) is 11.8 Å². The minimum absolute atomic E-state index is 0.155. The van der Waals surface area contributed by atoms with Gasteiger partial charge in [0.2, 0.25) is 0 Å². The largest absolute Gasteiger partial charge is 0.494 e. The molecule has 4 rings (SSSR count). The highest BCUT2D eigenvalue weighted by Crippen LogP contribution is 2.34. The fourth-order valence-electron chi connectivity index (χ4n) is 3.85. The molecule has 2 aromatic heterocycles. The molecular weight excluding hydrogens is 382 g/mol. The second-order valence-corrected chi connectivity index (χ2v) is 7.45. The Labute approximate surface area is 173 Å². The Morgan fingerprint density at radius 3 is 2.77 bits per heavy atom. The predicted molar refractivity (Wildman–Crippen MR) is 110 cm³/mol. The van der Waals surface area contributed by atoms with Crippen molar-refractivity contribution in [3.05, 3.63) is 47.9 Å². The summed E-state index contributed by atoms with van der Waals surface area (Å²) in [6, 6.07) is 7.35. The molecule has 2 heterocycles. The molecule has 152 valence electrons. The van der Waals surface area contributed by atoms with E-state index in [2.05, 4.69) is 15.4 Å². The maximum atomic E-state index is 12.6. The highest BCUT2D eigenvalue weighted by atomic mass is 16.5. The molecule has 1 fully saturated rings. The Kier molecular flexibility index (Phi) is 5.44. The summed E-state index contributed by atoms with van der Waals surface area (Å²) in [6.45, 7) is 0. The number of anilines is 1. The molecule has 0 saturated heterocycles. The first-order valence-electron chi connectivity index (χ1n) is 9.80. The molecule has 30 heavy (non-hydrogen) atoms. The van der Waals surface area contributed by atoms with Gasteiger partial charge in [0, 0.05) is 36.0 Å². The Morgan fingerprint density at radius 1 is 1.27 bits per heavy atom. The zero-order chi connectivity index (χ0) is 21.1. The van der Waals surface area contributed by atoms with Gasteiger partial charge < -0.3 is 14.8 Å². The van der Waals surface area contributed by atoms with Crippen molar-refractivity contribution in [2.75, 3.05) is 12.4 Å². The van der Waals surface area contributed by atoms with Crippen molar-refractivity contribution in [3.63, 3.8) is 0 Å². The lowest BCUT2D eigenvalue weighted by Crippen LogP contribution is -2.19. The lowest BCUT2D eigenvalue weighted by Gasteiger charge is -2.25. The number of pyridine rings is 1. The summed E-state index contributed by atoms with van der Waals surface area (Å²) in [7, 11) is 1.53. The number of nitrogens with zero attached hydrogens (tertiary/aromatic N) is 4. The van der Waals surface area contributed by atoms with Crippen LogP contribution in [0, 0.1) is 17.2 Å². The average molecular weight is 403 g/mol. The zero-order valence-corrected chi connectivity index (χ0v) is 16.5. The maximum Gasteiger partial charge on any atom is 0.257 e. The zero-order valence-electron chi connectivity index (χ0n) is 16.5. The summed E-state index contributed by atoms with van der Waals surface area (Å²) in [5.41, 5.74) is 1.89. The van der Waals surface area contributed by atoms with Crippen LogP contribution in [0.1, 0.15) is 47.6 Å². The summed E-state index contributed by atoms with van der Waals surface area (Å²) in [5, 5.41) is 17.4. The molecule has 0 atom stereocenters. The van der Waals surface area contributed by atoms with Crippen molar-refractivity contribution in [1.82, 2.24) is 14.8 Å². The molecule has 1 aliphatic rings. The number of hydrogen-bond acceptors (Lipinski definition) is 6. The third kappa shape index (κ3) is 3.87. The first-order chi connectivity index (χ1) is 14.6. The fraction of sp³-hybridized carbons (Fsp3) is 0.318. The minimum Gasteiger partial charge on any atom is -0.494 e. The van der Waals surface area contributed by atoms with Crippen LogP contribution in [0.3, 0.4) is 0 Å². The number of aldehydes is 1. The van der Waals surface area contributed by atoms with E-state index < -0.39 is 0 Å². The molecule has 1 aromatic carbocycles. The van der Waals surface area contributed by atoms with Gasteiger partial charge in [-0.05, 0) is 37.8 Å². The van der Waals surface area contributed by atoms with Crippen LogP contribution in [0.25, 0.3) is 10.9 Å². The highest BCUT2D eigenvalue weighted by molar-refractivity contribution is 6.06. The summed E-state index contributed by atoms with van der Waals surface area (Å²) in [6.07, 6.45) is 9.43. The van der Waals surface area contributed by atoms with Gasteiger partial charge in [0.25, 0.3) is 5.91 Å². The highest BCUT2D eigenvalue weighted by Gasteiger charge is 2.23. The molecule has 0 radical (unpaired) electrons.